The molecule has 0 aliphatic carbocycles. The Balaban J connectivity index is 1.41. The first-order chi connectivity index (χ1) is 15.6. The van der Waals surface area contributed by atoms with E-state index >= 15 is 0 Å². The van der Waals surface area contributed by atoms with Gasteiger partial charge < -0.3 is 15.2 Å². The van der Waals surface area contributed by atoms with Crippen molar-refractivity contribution in [2.45, 2.75) is 25.8 Å². The molecule has 0 unspecified atom stereocenters. The average Bonchev–Trinajstić information content (AvgIpc) is 3.21. The quantitative estimate of drug-likeness (QED) is 0.420. The van der Waals surface area contributed by atoms with Gasteiger partial charge in [0.15, 0.2) is 0 Å². The number of carbonyl (C=O) groups excluding carboxylic acids is 2. The average molecular weight is 426 g/mol. The molecular weight excluding hydrogens is 398 g/mol. The van der Waals surface area contributed by atoms with Gasteiger partial charge in [-0.1, -0.05) is 66.7 Å². The Morgan fingerprint density at radius 1 is 0.844 bits per heavy atom. The molecule has 0 fully saturated rings. The Morgan fingerprint density at radius 3 is 2.12 bits per heavy atom. The van der Waals surface area contributed by atoms with E-state index in [9.17, 15) is 9.59 Å². The van der Waals surface area contributed by atoms with Gasteiger partial charge in [-0.25, -0.2) is 0 Å². The summed E-state index contributed by atoms with van der Waals surface area (Å²) >= 11 is 0. The fourth-order valence-corrected chi connectivity index (χ4v) is 4.12. The van der Waals surface area contributed by atoms with Crippen LogP contribution in [0.15, 0.2) is 91.1 Å². The Kier molecular flexibility index (Phi) is 6.66. The van der Waals surface area contributed by atoms with Crippen LogP contribution >= 0.6 is 0 Å². The van der Waals surface area contributed by atoms with Crippen LogP contribution in [0.2, 0.25) is 0 Å². The summed E-state index contributed by atoms with van der Waals surface area (Å²) in [6, 6.07) is 28.4. The molecule has 5 heteroatoms. The van der Waals surface area contributed by atoms with Crippen LogP contribution in [0, 0.1) is 0 Å². The summed E-state index contributed by atoms with van der Waals surface area (Å²) in [5, 5.41) is 6.83. The number of rotatable bonds is 8. The fourth-order valence-electron chi connectivity index (χ4n) is 4.12. The van der Waals surface area contributed by atoms with Crippen LogP contribution in [-0.4, -0.2) is 22.9 Å². The predicted octanol–water partition coefficient (Wildman–Crippen LogP) is 4.94. The number of amides is 2. The van der Waals surface area contributed by atoms with Gasteiger partial charge in [0.25, 0.3) is 0 Å². The zero-order valence-electron chi connectivity index (χ0n) is 18.1. The van der Waals surface area contributed by atoms with Crippen molar-refractivity contribution in [2.75, 3.05) is 11.9 Å². The molecule has 0 saturated carbocycles. The smallest absolute Gasteiger partial charge is 0.239 e. The number of anilines is 1. The van der Waals surface area contributed by atoms with Crippen LogP contribution in [0.5, 0.6) is 0 Å². The van der Waals surface area contributed by atoms with Crippen molar-refractivity contribution in [3.63, 3.8) is 0 Å². The molecule has 162 valence electrons. The third-order valence-electron chi connectivity index (χ3n) is 5.60. The second kappa shape index (κ2) is 9.96. The number of carbonyl (C=O) groups is 2. The molecule has 1 aromatic heterocycles. The Hall–Kier alpha value is -3.86. The van der Waals surface area contributed by atoms with Gasteiger partial charge >= 0.3 is 0 Å². The maximum Gasteiger partial charge on any atom is 0.239 e. The van der Waals surface area contributed by atoms with E-state index in [1.807, 2.05) is 47.2 Å². The molecule has 4 rings (SSSR count). The number of hydrogen-bond acceptors (Lipinski definition) is 2. The molecule has 32 heavy (non-hydrogen) atoms. The highest BCUT2D eigenvalue weighted by Gasteiger charge is 2.15. The molecule has 5 nitrogen and oxygen atoms in total. The molecule has 3 aromatic carbocycles. The minimum absolute atomic E-state index is 0.0349. The van der Waals surface area contributed by atoms with Gasteiger partial charge in [-0.05, 0) is 35.7 Å². The van der Waals surface area contributed by atoms with Crippen LogP contribution in [-0.2, 0) is 16.1 Å². The summed E-state index contributed by atoms with van der Waals surface area (Å²) in [5.41, 5.74) is 4.16. The topological polar surface area (TPSA) is 63.1 Å². The molecule has 0 atom stereocenters. The molecule has 1 heterocycles. The summed E-state index contributed by atoms with van der Waals surface area (Å²) in [6.07, 6.45) is 2.70. The van der Waals surface area contributed by atoms with Crippen molar-refractivity contribution in [1.29, 1.82) is 0 Å². The third-order valence-corrected chi connectivity index (χ3v) is 5.60. The first-order valence-electron chi connectivity index (χ1n) is 10.8. The lowest BCUT2D eigenvalue weighted by Gasteiger charge is -2.18. The zero-order valence-corrected chi connectivity index (χ0v) is 18.1. The molecule has 2 N–H and O–H groups in total. The number of hydrogen-bond donors (Lipinski definition) is 2. The van der Waals surface area contributed by atoms with E-state index in [-0.39, 0.29) is 24.3 Å². The van der Waals surface area contributed by atoms with Crippen LogP contribution in [0.25, 0.3) is 10.9 Å². The molecule has 0 bridgehead atoms. The highest BCUT2D eigenvalue weighted by Crippen LogP contribution is 2.27. The second-order valence-corrected chi connectivity index (χ2v) is 7.88. The lowest BCUT2D eigenvalue weighted by molar-refractivity contribution is -0.121. The van der Waals surface area contributed by atoms with E-state index in [4.69, 9.17) is 0 Å². The number of nitrogens with one attached hydrogen (secondary N) is 2. The fraction of sp³-hybridized carbons (Fsp3) is 0.185. The van der Waals surface area contributed by atoms with Crippen molar-refractivity contribution >= 4 is 28.4 Å². The Bertz CT molecular complexity index is 1160. The first-order valence-corrected chi connectivity index (χ1v) is 10.8. The monoisotopic (exact) mass is 425 g/mol. The normalized spacial score (nSPS) is 10.9. The molecule has 0 aliphatic heterocycles. The summed E-state index contributed by atoms with van der Waals surface area (Å²) in [5.74, 6) is 0.0759. The Morgan fingerprint density at radius 2 is 1.50 bits per heavy atom. The van der Waals surface area contributed by atoms with E-state index < -0.39 is 0 Å². The van der Waals surface area contributed by atoms with Crippen molar-refractivity contribution in [3.8, 4) is 0 Å². The summed E-state index contributed by atoms with van der Waals surface area (Å²) in [6.45, 7) is 2.30. The number of aromatic nitrogens is 1. The SMILES string of the molecule is CC(=O)Nc1cccc2c1ccn2CC(=O)NCCC(c1ccccc1)c1ccccc1. The minimum atomic E-state index is -0.116. The van der Waals surface area contributed by atoms with Crippen LogP contribution < -0.4 is 10.6 Å². The standard InChI is InChI=1S/C27H27N3O2/c1-20(31)29-25-13-8-14-26-24(25)16-18-30(26)19-27(32)28-17-15-23(21-9-4-2-5-10-21)22-11-6-3-7-12-22/h2-14,16,18,23H,15,17,19H2,1H3,(H,28,32)(H,29,31). The predicted molar refractivity (Wildman–Crippen MR) is 129 cm³/mol. The lowest BCUT2D eigenvalue weighted by atomic mass is 9.88. The molecule has 4 aromatic rings. The van der Waals surface area contributed by atoms with Crippen LogP contribution in [0.1, 0.15) is 30.4 Å². The highest BCUT2D eigenvalue weighted by molar-refractivity contribution is 6.01. The van der Waals surface area contributed by atoms with E-state index in [0.717, 1.165) is 23.0 Å². The zero-order chi connectivity index (χ0) is 22.3. The third kappa shape index (κ3) is 5.06. The van der Waals surface area contributed by atoms with Crippen molar-refractivity contribution < 1.29 is 9.59 Å². The Labute approximate surface area is 188 Å². The maximum absolute atomic E-state index is 12.7. The van der Waals surface area contributed by atoms with Crippen LogP contribution in [0.3, 0.4) is 0 Å². The van der Waals surface area contributed by atoms with Gasteiger partial charge in [0.2, 0.25) is 11.8 Å². The number of nitrogens with zero attached hydrogens (tertiary/aromatic N) is 1. The molecule has 0 saturated heterocycles. The molecule has 0 spiro atoms. The number of benzene rings is 3. The van der Waals surface area contributed by atoms with E-state index in [2.05, 4.69) is 59.2 Å². The van der Waals surface area contributed by atoms with Gasteiger partial charge in [0.1, 0.15) is 6.54 Å². The largest absolute Gasteiger partial charge is 0.355 e. The van der Waals surface area contributed by atoms with Gasteiger partial charge in [0, 0.05) is 31.0 Å². The summed E-state index contributed by atoms with van der Waals surface area (Å²) in [7, 11) is 0. The van der Waals surface area contributed by atoms with E-state index in [1.165, 1.54) is 18.1 Å². The maximum atomic E-state index is 12.7. The minimum Gasteiger partial charge on any atom is -0.355 e. The molecule has 2 amide bonds. The van der Waals surface area contributed by atoms with Gasteiger partial charge in [0.05, 0.1) is 11.2 Å². The summed E-state index contributed by atoms with van der Waals surface area (Å²) in [4.78, 5) is 24.1. The van der Waals surface area contributed by atoms with Crippen molar-refractivity contribution in [3.05, 3.63) is 102 Å². The molecule has 0 aliphatic rings. The summed E-state index contributed by atoms with van der Waals surface area (Å²) < 4.78 is 1.90. The van der Waals surface area contributed by atoms with E-state index in [0.29, 0.717) is 6.54 Å². The number of fused-ring (bicyclic) bond motifs is 1. The van der Waals surface area contributed by atoms with Gasteiger partial charge in [-0.2, -0.15) is 0 Å². The molecular formula is C27H27N3O2. The van der Waals surface area contributed by atoms with Crippen LogP contribution in [0.4, 0.5) is 5.69 Å². The van der Waals surface area contributed by atoms with Gasteiger partial charge in [-0.3, -0.25) is 9.59 Å². The van der Waals surface area contributed by atoms with Gasteiger partial charge in [-0.15, -0.1) is 0 Å². The van der Waals surface area contributed by atoms with Crippen molar-refractivity contribution in [1.82, 2.24) is 9.88 Å². The lowest BCUT2D eigenvalue weighted by Crippen LogP contribution is -2.29. The first kappa shape index (κ1) is 21.4. The van der Waals surface area contributed by atoms with E-state index in [1.54, 1.807) is 0 Å². The van der Waals surface area contributed by atoms with Crippen molar-refractivity contribution in [2.24, 2.45) is 0 Å². The highest BCUT2D eigenvalue weighted by atomic mass is 16.2. The second-order valence-electron chi connectivity index (χ2n) is 7.88. The molecule has 0 radical (unpaired) electrons.